The first-order valence-electron chi connectivity index (χ1n) is 17.6. The van der Waals surface area contributed by atoms with E-state index in [0.29, 0.717) is 0 Å². The van der Waals surface area contributed by atoms with Crippen LogP contribution in [0.2, 0.25) is 0 Å². The van der Waals surface area contributed by atoms with Crippen molar-refractivity contribution in [2.75, 3.05) is 60.5 Å². The van der Waals surface area contributed by atoms with Crippen LogP contribution < -0.4 is 14.7 Å². The molecule has 0 radical (unpaired) electrons. The molecule has 4 rings (SSSR count). The van der Waals surface area contributed by atoms with Crippen molar-refractivity contribution in [1.29, 1.82) is 0 Å². The molecule has 0 bridgehead atoms. The van der Waals surface area contributed by atoms with E-state index in [0.717, 1.165) is 51.5 Å². The zero-order valence-electron chi connectivity index (χ0n) is 29.7. The van der Waals surface area contributed by atoms with Gasteiger partial charge in [0.15, 0.2) is 0 Å². The average Bonchev–Trinajstić information content (AvgIpc) is 3.12. The van der Waals surface area contributed by atoms with Gasteiger partial charge in [-0.05, 0) is 130 Å². The number of benzene rings is 3. The molecule has 0 atom stereocenters. The molecule has 0 spiro atoms. The summed E-state index contributed by atoms with van der Waals surface area (Å²) in [6.07, 6.45) is 15.4. The lowest BCUT2D eigenvalue weighted by Crippen LogP contribution is -2.21. The van der Waals surface area contributed by atoms with Gasteiger partial charge in [-0.3, -0.25) is 4.99 Å². The van der Waals surface area contributed by atoms with E-state index in [1.165, 1.54) is 50.5 Å². The predicted molar refractivity (Wildman–Crippen MR) is 209 cm³/mol. The molecule has 0 aliphatic heterocycles. The van der Waals surface area contributed by atoms with Crippen molar-refractivity contribution in [2.45, 2.75) is 48.5 Å². The number of nitrogens with zero attached hydrogens (tertiary/aromatic N) is 4. The van der Waals surface area contributed by atoms with Crippen LogP contribution in [-0.4, -0.2) is 51.5 Å². The fourth-order valence-corrected chi connectivity index (χ4v) is 6.21. The Bertz CT molecular complexity index is 1510. The van der Waals surface area contributed by atoms with Crippen LogP contribution in [-0.2, 0) is 0 Å². The third kappa shape index (κ3) is 9.04. The molecule has 0 fully saturated rings. The minimum absolute atomic E-state index is 0.780. The Labute approximate surface area is 284 Å². The summed E-state index contributed by atoms with van der Waals surface area (Å²) in [6, 6.07) is 27.0. The van der Waals surface area contributed by atoms with Crippen LogP contribution >= 0.6 is 0 Å². The Hall–Kier alpha value is -4.57. The summed E-state index contributed by atoms with van der Waals surface area (Å²) in [4.78, 5) is 11.7. The smallest absolute Gasteiger partial charge is 0.0574 e. The minimum Gasteiger partial charge on any atom is -0.372 e. The lowest BCUT2D eigenvalue weighted by atomic mass is 9.94. The number of aliphatic imine (C=N–C) groups is 1. The minimum atomic E-state index is 0.780. The van der Waals surface area contributed by atoms with Crippen molar-refractivity contribution in [3.05, 3.63) is 138 Å². The van der Waals surface area contributed by atoms with Crippen molar-refractivity contribution in [2.24, 2.45) is 4.99 Å². The van der Waals surface area contributed by atoms with Gasteiger partial charge in [-0.25, -0.2) is 0 Å². The first-order valence-corrected chi connectivity index (χ1v) is 17.6. The number of allylic oxidation sites excluding steroid dienone is 9. The molecule has 246 valence electrons. The third-order valence-corrected chi connectivity index (χ3v) is 8.97. The SMILES string of the molecule is CCN=C1C=CC(=C(/C=C/C=C(c2ccc(N(CC)CC)cc2)c2ccc(N(CC)CC)cc2)c2ccc(N(CC)CC)cc2)C=C1. The van der Waals surface area contributed by atoms with E-state index in [2.05, 4.69) is 183 Å². The summed E-state index contributed by atoms with van der Waals surface area (Å²) >= 11 is 0. The zero-order valence-corrected chi connectivity index (χ0v) is 29.7. The molecular weight excluding hydrogens is 573 g/mol. The maximum atomic E-state index is 4.59. The predicted octanol–water partition coefficient (Wildman–Crippen LogP) is 10.3. The van der Waals surface area contributed by atoms with Gasteiger partial charge in [0.25, 0.3) is 0 Å². The van der Waals surface area contributed by atoms with Crippen LogP contribution in [0.1, 0.15) is 65.2 Å². The molecular formula is C43H54N4. The van der Waals surface area contributed by atoms with Crippen LogP contribution in [0.3, 0.4) is 0 Å². The molecule has 3 aromatic carbocycles. The highest BCUT2D eigenvalue weighted by molar-refractivity contribution is 6.07. The van der Waals surface area contributed by atoms with Gasteiger partial charge in [-0.2, -0.15) is 0 Å². The summed E-state index contributed by atoms with van der Waals surface area (Å²) < 4.78 is 0. The van der Waals surface area contributed by atoms with E-state index < -0.39 is 0 Å². The van der Waals surface area contributed by atoms with Gasteiger partial charge in [0.05, 0.1) is 5.71 Å². The van der Waals surface area contributed by atoms with Gasteiger partial charge in [0, 0.05) is 62.9 Å². The molecule has 0 unspecified atom stereocenters. The average molecular weight is 627 g/mol. The second-order valence-electron chi connectivity index (χ2n) is 11.5. The highest BCUT2D eigenvalue weighted by Crippen LogP contribution is 2.30. The van der Waals surface area contributed by atoms with Crippen LogP contribution in [0.15, 0.2) is 126 Å². The summed E-state index contributed by atoms with van der Waals surface area (Å²) in [5.74, 6) is 0. The molecule has 0 saturated heterocycles. The Morgan fingerprint density at radius 1 is 0.511 bits per heavy atom. The summed E-state index contributed by atoms with van der Waals surface area (Å²) in [6.45, 7) is 22.1. The standard InChI is InChI=1S/C43H54N4/c1-8-44-38-26-18-34(19-27-38)42(35-20-28-39(29-21-35)45(9-2)10-3)16-15-17-43(36-22-30-40(31-23-36)46(11-4)12-5)37-24-32-41(33-25-37)47(13-6)14-7/h15-33H,8-14H2,1-7H3/b16-15+,42-34?,44-38?. The van der Waals surface area contributed by atoms with Crippen LogP contribution in [0.25, 0.3) is 11.1 Å². The van der Waals surface area contributed by atoms with Gasteiger partial charge >= 0.3 is 0 Å². The van der Waals surface area contributed by atoms with Gasteiger partial charge < -0.3 is 14.7 Å². The van der Waals surface area contributed by atoms with Crippen molar-refractivity contribution in [3.63, 3.8) is 0 Å². The molecule has 1 aliphatic carbocycles. The summed E-state index contributed by atoms with van der Waals surface area (Å²) in [5, 5.41) is 0. The second-order valence-corrected chi connectivity index (χ2v) is 11.5. The quantitative estimate of drug-likeness (QED) is 0.157. The van der Waals surface area contributed by atoms with E-state index >= 15 is 0 Å². The molecule has 1 aliphatic rings. The van der Waals surface area contributed by atoms with Gasteiger partial charge in [0.2, 0.25) is 0 Å². The first kappa shape index (κ1) is 35.3. The van der Waals surface area contributed by atoms with Crippen LogP contribution in [0.4, 0.5) is 17.1 Å². The Morgan fingerprint density at radius 3 is 1.26 bits per heavy atom. The molecule has 0 heterocycles. The van der Waals surface area contributed by atoms with E-state index in [-0.39, 0.29) is 0 Å². The van der Waals surface area contributed by atoms with Crippen molar-refractivity contribution in [3.8, 4) is 0 Å². The molecule has 0 N–H and O–H groups in total. The number of anilines is 3. The fraction of sp³-hybridized carbons (Fsp3) is 0.326. The Morgan fingerprint density at radius 2 is 0.894 bits per heavy atom. The molecule has 4 heteroatoms. The van der Waals surface area contributed by atoms with Crippen LogP contribution in [0.5, 0.6) is 0 Å². The summed E-state index contributed by atoms with van der Waals surface area (Å²) in [5.41, 5.74) is 11.9. The zero-order chi connectivity index (χ0) is 33.6. The maximum Gasteiger partial charge on any atom is 0.0574 e. The molecule has 0 aromatic heterocycles. The summed E-state index contributed by atoms with van der Waals surface area (Å²) in [7, 11) is 0. The maximum absolute atomic E-state index is 4.59. The second kappa shape index (κ2) is 17.9. The molecule has 3 aromatic rings. The van der Waals surface area contributed by atoms with Gasteiger partial charge in [-0.15, -0.1) is 0 Å². The van der Waals surface area contributed by atoms with Crippen molar-refractivity contribution < 1.29 is 0 Å². The number of hydrogen-bond donors (Lipinski definition) is 0. The molecule has 0 amide bonds. The monoisotopic (exact) mass is 626 g/mol. The fourth-order valence-electron chi connectivity index (χ4n) is 6.21. The molecule has 47 heavy (non-hydrogen) atoms. The number of rotatable bonds is 15. The Kier molecular flexibility index (Phi) is 13.5. The van der Waals surface area contributed by atoms with Crippen molar-refractivity contribution in [1.82, 2.24) is 0 Å². The third-order valence-electron chi connectivity index (χ3n) is 8.97. The van der Waals surface area contributed by atoms with E-state index in [4.69, 9.17) is 0 Å². The largest absolute Gasteiger partial charge is 0.372 e. The lowest BCUT2D eigenvalue weighted by molar-refractivity contribution is 0.866. The van der Waals surface area contributed by atoms with E-state index in [9.17, 15) is 0 Å². The highest BCUT2D eigenvalue weighted by atomic mass is 15.1. The van der Waals surface area contributed by atoms with Gasteiger partial charge in [-0.1, -0.05) is 66.8 Å². The lowest BCUT2D eigenvalue weighted by Gasteiger charge is -2.22. The topological polar surface area (TPSA) is 22.1 Å². The van der Waals surface area contributed by atoms with Gasteiger partial charge in [0.1, 0.15) is 0 Å². The first-order chi connectivity index (χ1) is 23.0. The highest BCUT2D eigenvalue weighted by Gasteiger charge is 2.11. The Balaban J connectivity index is 1.79. The normalized spacial score (nSPS) is 12.4. The molecule has 0 saturated carbocycles. The van der Waals surface area contributed by atoms with E-state index in [1.54, 1.807) is 0 Å². The van der Waals surface area contributed by atoms with Crippen LogP contribution in [0, 0.1) is 0 Å². The number of hydrogen-bond acceptors (Lipinski definition) is 4. The van der Waals surface area contributed by atoms with E-state index in [1.807, 2.05) is 0 Å². The molecule has 4 nitrogen and oxygen atoms in total. The van der Waals surface area contributed by atoms with Crippen molar-refractivity contribution >= 4 is 33.9 Å².